The van der Waals surface area contributed by atoms with Crippen molar-refractivity contribution in [2.24, 2.45) is 5.73 Å². The van der Waals surface area contributed by atoms with Gasteiger partial charge in [-0.25, -0.2) is 26.3 Å². The second-order valence-electron chi connectivity index (χ2n) is 3.94. The maximum atomic E-state index is 11.9. The van der Waals surface area contributed by atoms with E-state index in [1.54, 1.807) is 6.92 Å². The van der Waals surface area contributed by atoms with Crippen molar-refractivity contribution in [1.82, 2.24) is 9.44 Å². The summed E-state index contributed by atoms with van der Waals surface area (Å²) in [5.41, 5.74) is 5.34. The standard InChI is InChI=1S/C10H17N3O4S2/c1-8(7-11)13-19(16,17)10-5-3-9(4-6-10)18(14,15)12-2/h3-6,8,12-13H,7,11H2,1-2H3. The lowest BCUT2D eigenvalue weighted by Crippen LogP contribution is -2.37. The molecule has 4 N–H and O–H groups in total. The van der Waals surface area contributed by atoms with Gasteiger partial charge in [0.2, 0.25) is 20.0 Å². The zero-order valence-electron chi connectivity index (χ0n) is 10.6. The molecular weight excluding hydrogens is 290 g/mol. The minimum Gasteiger partial charge on any atom is -0.329 e. The first-order valence-corrected chi connectivity index (χ1v) is 8.45. The number of hydrogen-bond acceptors (Lipinski definition) is 5. The van der Waals surface area contributed by atoms with Crippen LogP contribution in [0.15, 0.2) is 34.1 Å². The van der Waals surface area contributed by atoms with E-state index in [0.717, 1.165) is 0 Å². The van der Waals surface area contributed by atoms with Gasteiger partial charge in [-0.2, -0.15) is 0 Å². The van der Waals surface area contributed by atoms with Crippen LogP contribution in [0.1, 0.15) is 6.92 Å². The minimum absolute atomic E-state index is 0.000762. The monoisotopic (exact) mass is 307 g/mol. The maximum absolute atomic E-state index is 11.9. The van der Waals surface area contributed by atoms with Crippen LogP contribution < -0.4 is 15.2 Å². The molecule has 0 aliphatic heterocycles. The molecule has 0 bridgehead atoms. The Kier molecular flexibility index (Phi) is 5.04. The number of benzene rings is 1. The summed E-state index contributed by atoms with van der Waals surface area (Å²) in [7, 11) is -5.98. The lowest BCUT2D eigenvalue weighted by Gasteiger charge is -2.12. The van der Waals surface area contributed by atoms with Gasteiger partial charge in [-0.05, 0) is 38.2 Å². The van der Waals surface area contributed by atoms with Gasteiger partial charge in [-0.15, -0.1) is 0 Å². The van der Waals surface area contributed by atoms with Gasteiger partial charge in [-0.3, -0.25) is 0 Å². The molecule has 7 nitrogen and oxygen atoms in total. The molecule has 1 rings (SSSR count). The highest BCUT2D eigenvalue weighted by molar-refractivity contribution is 7.90. The third-order valence-corrected chi connectivity index (χ3v) is 5.46. The van der Waals surface area contributed by atoms with Crippen LogP contribution in [0.25, 0.3) is 0 Å². The Morgan fingerprint density at radius 2 is 1.47 bits per heavy atom. The predicted octanol–water partition coefficient (Wildman–Crippen LogP) is -0.780. The van der Waals surface area contributed by atoms with Crippen molar-refractivity contribution < 1.29 is 16.8 Å². The lowest BCUT2D eigenvalue weighted by atomic mass is 10.4. The molecule has 0 heterocycles. The lowest BCUT2D eigenvalue weighted by molar-refractivity contribution is 0.562. The van der Waals surface area contributed by atoms with Gasteiger partial charge in [0.15, 0.2) is 0 Å². The van der Waals surface area contributed by atoms with E-state index >= 15 is 0 Å². The number of sulfonamides is 2. The summed E-state index contributed by atoms with van der Waals surface area (Å²) in [6, 6.07) is 4.53. The van der Waals surface area contributed by atoms with E-state index in [9.17, 15) is 16.8 Å². The molecule has 1 aromatic carbocycles. The van der Waals surface area contributed by atoms with Gasteiger partial charge in [0.1, 0.15) is 0 Å². The molecule has 1 unspecified atom stereocenters. The molecule has 108 valence electrons. The normalized spacial score (nSPS) is 14.3. The summed E-state index contributed by atoms with van der Waals surface area (Å²) in [5, 5.41) is 0. The van der Waals surface area contributed by atoms with Crippen LogP contribution in [-0.2, 0) is 20.0 Å². The van der Waals surface area contributed by atoms with Crippen LogP contribution in [0.3, 0.4) is 0 Å². The van der Waals surface area contributed by atoms with Gasteiger partial charge < -0.3 is 5.73 Å². The summed E-state index contributed by atoms with van der Waals surface area (Å²) in [6.07, 6.45) is 0. The molecule has 0 aliphatic rings. The van der Waals surface area contributed by atoms with Gasteiger partial charge >= 0.3 is 0 Å². The van der Waals surface area contributed by atoms with Crippen molar-refractivity contribution in [3.63, 3.8) is 0 Å². The van der Waals surface area contributed by atoms with Crippen molar-refractivity contribution in [2.45, 2.75) is 22.8 Å². The Balaban J connectivity index is 3.06. The smallest absolute Gasteiger partial charge is 0.240 e. The van der Waals surface area contributed by atoms with Crippen LogP contribution in [0.4, 0.5) is 0 Å². The fourth-order valence-electron chi connectivity index (χ4n) is 1.30. The highest BCUT2D eigenvalue weighted by Crippen LogP contribution is 2.14. The van der Waals surface area contributed by atoms with Crippen LogP contribution in [0.2, 0.25) is 0 Å². The zero-order valence-corrected chi connectivity index (χ0v) is 12.3. The topological polar surface area (TPSA) is 118 Å². The summed E-state index contributed by atoms with van der Waals surface area (Å²) in [4.78, 5) is -0.0105. The molecule has 0 saturated carbocycles. The molecule has 9 heteroatoms. The average molecular weight is 307 g/mol. The van der Waals surface area contributed by atoms with Gasteiger partial charge in [0, 0.05) is 12.6 Å². The fraction of sp³-hybridized carbons (Fsp3) is 0.400. The van der Waals surface area contributed by atoms with Crippen molar-refractivity contribution in [3.8, 4) is 0 Å². The second kappa shape index (κ2) is 5.97. The first kappa shape index (κ1) is 16.1. The average Bonchev–Trinajstić information content (AvgIpc) is 2.38. The first-order valence-electron chi connectivity index (χ1n) is 5.49. The van der Waals surface area contributed by atoms with Crippen molar-refractivity contribution >= 4 is 20.0 Å². The third-order valence-electron chi connectivity index (χ3n) is 2.42. The molecule has 0 aliphatic carbocycles. The largest absolute Gasteiger partial charge is 0.329 e. The quantitative estimate of drug-likeness (QED) is 0.637. The highest BCUT2D eigenvalue weighted by atomic mass is 32.2. The van der Waals surface area contributed by atoms with Crippen LogP contribution in [0.5, 0.6) is 0 Å². The Bertz CT molecular complexity index is 623. The van der Waals surface area contributed by atoms with E-state index in [0.29, 0.717) is 0 Å². The summed E-state index contributed by atoms with van der Waals surface area (Å²) >= 11 is 0. The molecule has 19 heavy (non-hydrogen) atoms. The fourth-order valence-corrected chi connectivity index (χ4v) is 3.28. The van der Waals surface area contributed by atoms with Crippen molar-refractivity contribution in [2.75, 3.05) is 13.6 Å². The molecule has 0 aromatic heterocycles. The Morgan fingerprint density at radius 1 is 1.05 bits per heavy atom. The van der Waals surface area contributed by atoms with E-state index in [2.05, 4.69) is 9.44 Å². The molecule has 0 saturated heterocycles. The molecule has 1 atom stereocenters. The van der Waals surface area contributed by atoms with E-state index < -0.39 is 26.1 Å². The maximum Gasteiger partial charge on any atom is 0.240 e. The van der Waals surface area contributed by atoms with E-state index in [-0.39, 0.29) is 16.3 Å². The molecule has 1 aromatic rings. The van der Waals surface area contributed by atoms with Crippen LogP contribution in [-0.4, -0.2) is 36.5 Å². The molecule has 0 amide bonds. The van der Waals surface area contributed by atoms with Crippen LogP contribution in [0, 0.1) is 0 Å². The molecule has 0 spiro atoms. The summed E-state index contributed by atoms with van der Waals surface area (Å²) < 4.78 is 51.3. The van der Waals surface area contributed by atoms with E-state index in [1.165, 1.54) is 31.3 Å². The Labute approximate surface area is 113 Å². The number of rotatable bonds is 6. The van der Waals surface area contributed by atoms with E-state index in [1.807, 2.05) is 0 Å². The van der Waals surface area contributed by atoms with E-state index in [4.69, 9.17) is 5.73 Å². The first-order chi connectivity index (χ1) is 8.73. The highest BCUT2D eigenvalue weighted by Gasteiger charge is 2.18. The summed E-state index contributed by atoms with van der Waals surface area (Å²) in [6.45, 7) is 1.81. The van der Waals surface area contributed by atoms with Gasteiger partial charge in [-0.1, -0.05) is 0 Å². The Hall–Kier alpha value is -1.00. The van der Waals surface area contributed by atoms with Crippen LogP contribution >= 0.6 is 0 Å². The van der Waals surface area contributed by atoms with Crippen molar-refractivity contribution in [1.29, 1.82) is 0 Å². The van der Waals surface area contributed by atoms with Gasteiger partial charge in [0.25, 0.3) is 0 Å². The second-order valence-corrected chi connectivity index (χ2v) is 7.54. The molecule has 0 radical (unpaired) electrons. The summed E-state index contributed by atoms with van der Waals surface area (Å²) in [5.74, 6) is 0. The van der Waals surface area contributed by atoms with Crippen molar-refractivity contribution in [3.05, 3.63) is 24.3 Å². The number of nitrogens with two attached hydrogens (primary N) is 1. The third kappa shape index (κ3) is 3.98. The predicted molar refractivity (Wildman–Crippen MR) is 71.5 cm³/mol. The zero-order chi connectivity index (χ0) is 14.7. The molecule has 0 fully saturated rings. The minimum atomic E-state index is -3.69. The SMILES string of the molecule is CNS(=O)(=O)c1ccc(S(=O)(=O)NC(C)CN)cc1. The number of nitrogens with one attached hydrogen (secondary N) is 2. The van der Waals surface area contributed by atoms with Gasteiger partial charge in [0.05, 0.1) is 9.79 Å². The Morgan fingerprint density at radius 3 is 1.84 bits per heavy atom. The molecular formula is C10H17N3O4S2. The number of hydrogen-bond donors (Lipinski definition) is 3.